The molecule has 5 atom stereocenters. The maximum atomic E-state index is 10.3. The van der Waals surface area contributed by atoms with E-state index in [1.807, 2.05) is 24.3 Å². The van der Waals surface area contributed by atoms with Gasteiger partial charge in [-0.1, -0.05) is 74.4 Å². The summed E-state index contributed by atoms with van der Waals surface area (Å²) in [5.74, 6) is -0.0624. The lowest BCUT2D eigenvalue weighted by Gasteiger charge is -2.19. The quantitative estimate of drug-likeness (QED) is 0.437. The van der Waals surface area contributed by atoms with E-state index in [0.29, 0.717) is 12.8 Å². The van der Waals surface area contributed by atoms with Gasteiger partial charge in [0.2, 0.25) is 0 Å². The van der Waals surface area contributed by atoms with Gasteiger partial charge in [0.15, 0.2) is 0 Å². The van der Waals surface area contributed by atoms with Crippen molar-refractivity contribution in [2.24, 2.45) is 11.8 Å². The zero-order valence-corrected chi connectivity index (χ0v) is 15.9. The Morgan fingerprint density at radius 3 is 2.62 bits per heavy atom. The number of aliphatic hydroxyl groups excluding tert-OH is 3. The van der Waals surface area contributed by atoms with Crippen molar-refractivity contribution >= 4 is 0 Å². The van der Waals surface area contributed by atoms with Crippen molar-refractivity contribution in [2.45, 2.75) is 70.2 Å². The van der Waals surface area contributed by atoms with Gasteiger partial charge in [0.1, 0.15) is 0 Å². The van der Waals surface area contributed by atoms with Crippen molar-refractivity contribution in [2.75, 3.05) is 0 Å². The van der Waals surface area contributed by atoms with Gasteiger partial charge in [-0.05, 0) is 37.2 Å². The number of hydrogen-bond donors (Lipinski definition) is 3. The molecule has 1 fully saturated rings. The molecule has 5 unspecified atom stereocenters. The molecule has 0 spiro atoms. The zero-order chi connectivity index (χ0) is 18.8. The van der Waals surface area contributed by atoms with E-state index in [0.717, 1.165) is 19.3 Å². The van der Waals surface area contributed by atoms with E-state index in [2.05, 4.69) is 31.2 Å². The maximum Gasteiger partial charge on any atom is 0.0724 e. The third kappa shape index (κ3) is 6.71. The standard InChI is InChI=1S/C23H34O3/c1-2-3-4-5-9-12-20-21(23(26)17-22(20)25)16-15-19(24)14-13-18-10-7-6-8-11-18/h5-11,15-16,19-26H,2-4,12-14,17H2,1H3. The lowest BCUT2D eigenvalue weighted by molar-refractivity contribution is 0.120. The number of hydrogen-bond acceptors (Lipinski definition) is 3. The first kappa shape index (κ1) is 20.9. The summed E-state index contributed by atoms with van der Waals surface area (Å²) in [5.41, 5.74) is 1.21. The van der Waals surface area contributed by atoms with Crippen LogP contribution in [0.2, 0.25) is 0 Å². The first-order valence-corrected chi connectivity index (χ1v) is 10.0. The number of aryl methyl sites for hydroxylation is 1. The molecule has 0 saturated heterocycles. The van der Waals surface area contributed by atoms with E-state index in [4.69, 9.17) is 0 Å². The third-order valence-corrected chi connectivity index (χ3v) is 5.34. The molecule has 1 saturated carbocycles. The molecule has 0 radical (unpaired) electrons. The molecule has 2 rings (SSSR count). The van der Waals surface area contributed by atoms with Crippen LogP contribution in [0.15, 0.2) is 54.6 Å². The predicted molar refractivity (Wildman–Crippen MR) is 107 cm³/mol. The van der Waals surface area contributed by atoms with Crippen LogP contribution in [0.4, 0.5) is 0 Å². The summed E-state index contributed by atoms with van der Waals surface area (Å²) in [4.78, 5) is 0. The highest BCUT2D eigenvalue weighted by Crippen LogP contribution is 2.36. The second-order valence-corrected chi connectivity index (χ2v) is 7.44. The van der Waals surface area contributed by atoms with E-state index >= 15 is 0 Å². The fourth-order valence-electron chi connectivity index (χ4n) is 3.71. The molecule has 1 aromatic carbocycles. The highest BCUT2D eigenvalue weighted by Gasteiger charge is 2.39. The molecule has 3 nitrogen and oxygen atoms in total. The summed E-state index contributed by atoms with van der Waals surface area (Å²) in [6, 6.07) is 10.1. The largest absolute Gasteiger partial charge is 0.393 e. The molecule has 0 heterocycles. The molecule has 0 amide bonds. The smallest absolute Gasteiger partial charge is 0.0724 e. The van der Waals surface area contributed by atoms with Gasteiger partial charge in [0, 0.05) is 12.3 Å². The molecule has 0 aliphatic heterocycles. The van der Waals surface area contributed by atoms with Crippen LogP contribution >= 0.6 is 0 Å². The first-order chi connectivity index (χ1) is 12.6. The lowest BCUT2D eigenvalue weighted by atomic mass is 9.89. The predicted octanol–water partition coefficient (Wildman–Crippen LogP) is 4.03. The average molecular weight is 359 g/mol. The number of aliphatic hydroxyl groups is 3. The van der Waals surface area contributed by atoms with Crippen LogP contribution < -0.4 is 0 Å². The molecule has 144 valence electrons. The van der Waals surface area contributed by atoms with E-state index in [-0.39, 0.29) is 11.8 Å². The van der Waals surface area contributed by atoms with E-state index in [1.165, 1.54) is 18.4 Å². The minimum Gasteiger partial charge on any atom is -0.393 e. The summed E-state index contributed by atoms with van der Waals surface area (Å²) in [7, 11) is 0. The Hall–Kier alpha value is -1.42. The molecule has 0 aromatic heterocycles. The van der Waals surface area contributed by atoms with Crippen molar-refractivity contribution < 1.29 is 15.3 Å². The summed E-state index contributed by atoms with van der Waals surface area (Å²) in [5, 5.41) is 30.8. The highest BCUT2D eigenvalue weighted by atomic mass is 16.3. The van der Waals surface area contributed by atoms with Gasteiger partial charge >= 0.3 is 0 Å². The van der Waals surface area contributed by atoms with Crippen molar-refractivity contribution in [3.05, 3.63) is 60.2 Å². The third-order valence-electron chi connectivity index (χ3n) is 5.34. The van der Waals surface area contributed by atoms with E-state index in [9.17, 15) is 15.3 Å². The molecule has 0 bridgehead atoms. The maximum absolute atomic E-state index is 10.3. The van der Waals surface area contributed by atoms with E-state index in [1.54, 1.807) is 6.08 Å². The van der Waals surface area contributed by atoms with Crippen LogP contribution in [0.25, 0.3) is 0 Å². The Labute approximate surface area is 158 Å². The second-order valence-electron chi connectivity index (χ2n) is 7.44. The van der Waals surface area contributed by atoms with Crippen molar-refractivity contribution in [1.29, 1.82) is 0 Å². The minimum absolute atomic E-state index is 0.0282. The van der Waals surface area contributed by atoms with Crippen molar-refractivity contribution in [3.63, 3.8) is 0 Å². The zero-order valence-electron chi connectivity index (χ0n) is 15.9. The Morgan fingerprint density at radius 1 is 1.12 bits per heavy atom. The molecule has 1 aliphatic rings. The summed E-state index contributed by atoms with van der Waals surface area (Å²) < 4.78 is 0. The van der Waals surface area contributed by atoms with Crippen molar-refractivity contribution in [3.8, 4) is 0 Å². The Bertz CT molecular complexity index is 552. The lowest BCUT2D eigenvalue weighted by Crippen LogP contribution is -2.20. The van der Waals surface area contributed by atoms with Crippen LogP contribution in [-0.4, -0.2) is 33.6 Å². The van der Waals surface area contributed by atoms with Crippen LogP contribution in [0.5, 0.6) is 0 Å². The normalized spacial score (nSPS) is 27.5. The fourth-order valence-corrected chi connectivity index (χ4v) is 3.71. The molecule has 26 heavy (non-hydrogen) atoms. The summed E-state index contributed by atoms with van der Waals surface area (Å²) in [6.45, 7) is 2.18. The van der Waals surface area contributed by atoms with Crippen LogP contribution in [0.1, 0.15) is 51.0 Å². The topological polar surface area (TPSA) is 60.7 Å². The van der Waals surface area contributed by atoms with Gasteiger partial charge in [-0.15, -0.1) is 0 Å². The van der Waals surface area contributed by atoms with Gasteiger partial charge in [-0.2, -0.15) is 0 Å². The Balaban J connectivity index is 1.85. The molecule has 3 heteroatoms. The Morgan fingerprint density at radius 2 is 1.88 bits per heavy atom. The number of allylic oxidation sites excluding steroid dienone is 2. The first-order valence-electron chi connectivity index (χ1n) is 10.0. The number of rotatable bonds is 10. The van der Waals surface area contributed by atoms with Gasteiger partial charge in [0.25, 0.3) is 0 Å². The van der Waals surface area contributed by atoms with Crippen molar-refractivity contribution in [1.82, 2.24) is 0 Å². The van der Waals surface area contributed by atoms with Gasteiger partial charge < -0.3 is 15.3 Å². The summed E-state index contributed by atoms with van der Waals surface area (Å²) in [6.07, 6.45) is 12.6. The monoisotopic (exact) mass is 358 g/mol. The summed E-state index contributed by atoms with van der Waals surface area (Å²) >= 11 is 0. The SMILES string of the molecule is CCCCC=CCC1C(O)CC(O)C1C=CC(O)CCc1ccccc1. The molecular weight excluding hydrogens is 324 g/mol. The Kier molecular flexibility index (Phi) is 9.10. The van der Waals surface area contributed by atoms with Gasteiger partial charge in [-0.25, -0.2) is 0 Å². The minimum atomic E-state index is -0.531. The van der Waals surface area contributed by atoms with Gasteiger partial charge in [0.05, 0.1) is 18.3 Å². The molecular formula is C23H34O3. The second kappa shape index (κ2) is 11.3. The van der Waals surface area contributed by atoms with Crippen LogP contribution in [0, 0.1) is 11.8 Å². The highest BCUT2D eigenvalue weighted by molar-refractivity contribution is 5.15. The molecule has 1 aliphatic carbocycles. The van der Waals surface area contributed by atoms with Crippen LogP contribution in [-0.2, 0) is 6.42 Å². The fraction of sp³-hybridized carbons (Fsp3) is 0.565. The van der Waals surface area contributed by atoms with Gasteiger partial charge in [-0.3, -0.25) is 0 Å². The average Bonchev–Trinajstić information content (AvgIpc) is 2.91. The number of benzene rings is 1. The molecule has 1 aromatic rings. The van der Waals surface area contributed by atoms with E-state index < -0.39 is 18.3 Å². The van der Waals surface area contributed by atoms with Crippen LogP contribution in [0.3, 0.4) is 0 Å². The molecule has 3 N–H and O–H groups in total. The number of unbranched alkanes of at least 4 members (excludes halogenated alkanes) is 2.